The molecule has 3 rings (SSSR count). The van der Waals surface area contributed by atoms with E-state index in [1.807, 2.05) is 16.0 Å². The van der Waals surface area contributed by atoms with Crippen LogP contribution in [0.3, 0.4) is 0 Å². The van der Waals surface area contributed by atoms with E-state index >= 15 is 0 Å². The van der Waals surface area contributed by atoms with Gasteiger partial charge in [-0.15, -0.1) is 21.5 Å². The molecule has 5 nitrogen and oxygen atoms in total. The first-order valence-corrected chi connectivity index (χ1v) is 6.78. The van der Waals surface area contributed by atoms with Crippen LogP contribution < -0.4 is 0 Å². The van der Waals surface area contributed by atoms with E-state index in [9.17, 15) is 4.79 Å². The molecule has 0 aromatic carbocycles. The first kappa shape index (κ1) is 11.4. The van der Waals surface area contributed by atoms with Crippen molar-refractivity contribution in [1.82, 2.24) is 14.8 Å². The first-order valence-electron chi connectivity index (χ1n) is 5.90. The maximum Gasteiger partial charge on any atom is 0.308 e. The molecule has 0 saturated heterocycles. The van der Waals surface area contributed by atoms with E-state index in [-0.39, 0.29) is 5.92 Å². The summed E-state index contributed by atoms with van der Waals surface area (Å²) in [4.78, 5) is 12.3. The summed E-state index contributed by atoms with van der Waals surface area (Å²) in [6, 6.07) is 4.07. The van der Waals surface area contributed by atoms with Crippen molar-refractivity contribution >= 4 is 17.3 Å². The smallest absolute Gasteiger partial charge is 0.308 e. The SMILES string of the molecule is O=C(O)C1CCc2nnc(Cc3cccs3)n2C1. The van der Waals surface area contributed by atoms with Crippen molar-refractivity contribution in [2.75, 3.05) is 0 Å². The molecule has 0 spiro atoms. The Labute approximate surface area is 108 Å². The van der Waals surface area contributed by atoms with Gasteiger partial charge in [-0.05, 0) is 17.9 Å². The number of aromatic nitrogens is 3. The normalized spacial score (nSPS) is 18.6. The highest BCUT2D eigenvalue weighted by atomic mass is 32.1. The molecule has 18 heavy (non-hydrogen) atoms. The van der Waals surface area contributed by atoms with E-state index in [1.54, 1.807) is 11.3 Å². The summed E-state index contributed by atoms with van der Waals surface area (Å²) in [5, 5.41) is 19.5. The van der Waals surface area contributed by atoms with Gasteiger partial charge < -0.3 is 9.67 Å². The predicted octanol–water partition coefficient (Wildman–Crippen LogP) is 1.58. The molecule has 6 heteroatoms. The topological polar surface area (TPSA) is 68.0 Å². The van der Waals surface area contributed by atoms with Gasteiger partial charge in [0, 0.05) is 24.3 Å². The van der Waals surface area contributed by atoms with Crippen molar-refractivity contribution in [1.29, 1.82) is 0 Å². The molecule has 0 fully saturated rings. The van der Waals surface area contributed by atoms with Gasteiger partial charge in [0.15, 0.2) is 0 Å². The molecule has 3 heterocycles. The summed E-state index contributed by atoms with van der Waals surface area (Å²) in [5.41, 5.74) is 0. The van der Waals surface area contributed by atoms with Crippen molar-refractivity contribution in [2.45, 2.75) is 25.8 Å². The number of aryl methyl sites for hydroxylation is 1. The van der Waals surface area contributed by atoms with Crippen LogP contribution in [0.4, 0.5) is 0 Å². The molecule has 2 aromatic rings. The number of carbonyl (C=O) groups is 1. The second-order valence-corrected chi connectivity index (χ2v) is 5.51. The molecule has 2 aromatic heterocycles. The standard InChI is InChI=1S/C12H13N3O2S/c16-12(17)8-3-4-10-13-14-11(15(10)7-8)6-9-2-1-5-18-9/h1-2,5,8H,3-4,6-7H2,(H,16,17). The Morgan fingerprint density at radius 1 is 1.56 bits per heavy atom. The highest BCUT2D eigenvalue weighted by molar-refractivity contribution is 7.09. The lowest BCUT2D eigenvalue weighted by atomic mass is 9.99. The van der Waals surface area contributed by atoms with Crippen molar-refractivity contribution in [3.05, 3.63) is 34.0 Å². The van der Waals surface area contributed by atoms with Gasteiger partial charge in [0.2, 0.25) is 0 Å². The second kappa shape index (κ2) is 4.53. The molecule has 0 amide bonds. The molecular formula is C12H13N3O2S. The van der Waals surface area contributed by atoms with Crippen LogP contribution in [0.2, 0.25) is 0 Å². The van der Waals surface area contributed by atoms with Crippen LogP contribution in [0, 0.1) is 5.92 Å². The Morgan fingerprint density at radius 2 is 2.44 bits per heavy atom. The summed E-state index contributed by atoms with van der Waals surface area (Å²) in [5.74, 6) is 0.754. The van der Waals surface area contributed by atoms with E-state index in [0.29, 0.717) is 19.4 Å². The number of hydrogen-bond donors (Lipinski definition) is 1. The molecule has 1 unspecified atom stereocenters. The lowest BCUT2D eigenvalue weighted by molar-refractivity contribution is -0.142. The Hall–Kier alpha value is -1.69. The Balaban J connectivity index is 1.85. The summed E-state index contributed by atoms with van der Waals surface area (Å²) < 4.78 is 1.97. The van der Waals surface area contributed by atoms with Gasteiger partial charge in [-0.25, -0.2) is 0 Å². The Bertz CT molecular complexity index is 562. The summed E-state index contributed by atoms with van der Waals surface area (Å²) >= 11 is 1.68. The number of aliphatic carboxylic acids is 1. The Kier molecular flexibility index (Phi) is 2.87. The molecule has 1 N–H and O–H groups in total. The second-order valence-electron chi connectivity index (χ2n) is 4.47. The van der Waals surface area contributed by atoms with E-state index in [0.717, 1.165) is 18.1 Å². The van der Waals surface area contributed by atoms with Gasteiger partial charge in [-0.1, -0.05) is 6.07 Å². The van der Waals surface area contributed by atoms with Crippen molar-refractivity contribution in [2.24, 2.45) is 5.92 Å². The highest BCUT2D eigenvalue weighted by Gasteiger charge is 2.27. The third-order valence-electron chi connectivity index (χ3n) is 3.29. The number of carboxylic acid groups (broad SMARTS) is 1. The fraction of sp³-hybridized carbons (Fsp3) is 0.417. The molecule has 94 valence electrons. The van der Waals surface area contributed by atoms with Crippen molar-refractivity contribution in [3.63, 3.8) is 0 Å². The zero-order valence-corrected chi connectivity index (χ0v) is 10.6. The maximum absolute atomic E-state index is 11.1. The number of fused-ring (bicyclic) bond motifs is 1. The highest BCUT2D eigenvalue weighted by Crippen LogP contribution is 2.22. The largest absolute Gasteiger partial charge is 0.481 e. The molecule has 1 aliphatic rings. The van der Waals surface area contributed by atoms with E-state index < -0.39 is 5.97 Å². The summed E-state index contributed by atoms with van der Waals surface area (Å²) in [6.45, 7) is 0.498. The van der Waals surface area contributed by atoms with Gasteiger partial charge in [-0.3, -0.25) is 4.79 Å². The maximum atomic E-state index is 11.1. The molecule has 0 saturated carbocycles. The molecular weight excluding hydrogens is 250 g/mol. The van der Waals surface area contributed by atoms with E-state index in [2.05, 4.69) is 16.3 Å². The molecule has 0 radical (unpaired) electrons. The van der Waals surface area contributed by atoms with Crippen LogP contribution in [0.15, 0.2) is 17.5 Å². The Morgan fingerprint density at radius 3 is 3.17 bits per heavy atom. The van der Waals surface area contributed by atoms with Crippen LogP contribution in [0.1, 0.15) is 22.9 Å². The third kappa shape index (κ3) is 2.03. The number of nitrogens with zero attached hydrogens (tertiary/aromatic N) is 3. The van der Waals surface area contributed by atoms with Gasteiger partial charge in [-0.2, -0.15) is 0 Å². The average molecular weight is 263 g/mol. The van der Waals surface area contributed by atoms with E-state index in [4.69, 9.17) is 5.11 Å². The van der Waals surface area contributed by atoms with Crippen LogP contribution in [0.5, 0.6) is 0 Å². The summed E-state index contributed by atoms with van der Waals surface area (Å²) in [6.07, 6.45) is 2.10. The molecule has 0 aliphatic carbocycles. The molecule has 1 atom stereocenters. The van der Waals surface area contributed by atoms with Gasteiger partial charge in [0.05, 0.1) is 5.92 Å². The third-order valence-corrected chi connectivity index (χ3v) is 4.16. The van der Waals surface area contributed by atoms with Crippen LogP contribution in [-0.4, -0.2) is 25.8 Å². The minimum Gasteiger partial charge on any atom is -0.481 e. The monoisotopic (exact) mass is 263 g/mol. The number of rotatable bonds is 3. The zero-order chi connectivity index (χ0) is 12.5. The lowest BCUT2D eigenvalue weighted by Gasteiger charge is -2.20. The van der Waals surface area contributed by atoms with Gasteiger partial charge >= 0.3 is 5.97 Å². The quantitative estimate of drug-likeness (QED) is 0.912. The first-order chi connectivity index (χ1) is 8.74. The number of thiophene rings is 1. The number of carboxylic acids is 1. The van der Waals surface area contributed by atoms with Gasteiger partial charge in [0.1, 0.15) is 11.6 Å². The fourth-order valence-corrected chi connectivity index (χ4v) is 2.99. The van der Waals surface area contributed by atoms with Gasteiger partial charge in [0.25, 0.3) is 0 Å². The van der Waals surface area contributed by atoms with Crippen LogP contribution in [-0.2, 0) is 24.2 Å². The van der Waals surface area contributed by atoms with E-state index in [1.165, 1.54) is 4.88 Å². The predicted molar refractivity (Wildman–Crippen MR) is 66.6 cm³/mol. The van der Waals surface area contributed by atoms with Crippen molar-refractivity contribution < 1.29 is 9.90 Å². The minimum absolute atomic E-state index is 0.310. The average Bonchev–Trinajstić information content (AvgIpc) is 2.99. The fourth-order valence-electron chi connectivity index (χ4n) is 2.28. The van der Waals surface area contributed by atoms with Crippen molar-refractivity contribution in [3.8, 4) is 0 Å². The van der Waals surface area contributed by atoms with Crippen LogP contribution in [0.25, 0.3) is 0 Å². The number of hydrogen-bond acceptors (Lipinski definition) is 4. The summed E-state index contributed by atoms with van der Waals surface area (Å²) in [7, 11) is 0. The van der Waals surface area contributed by atoms with Crippen LogP contribution >= 0.6 is 11.3 Å². The lowest BCUT2D eigenvalue weighted by Crippen LogP contribution is -2.27. The molecule has 0 bridgehead atoms. The zero-order valence-electron chi connectivity index (χ0n) is 9.74. The molecule has 1 aliphatic heterocycles. The minimum atomic E-state index is -0.726.